The van der Waals surface area contributed by atoms with Crippen molar-refractivity contribution < 1.29 is 14.6 Å². The molecule has 2 aliphatic rings. The van der Waals surface area contributed by atoms with Crippen LogP contribution in [0.25, 0.3) is 0 Å². The standard InChI is InChI=1S/C16H21NO3/c18-9-8-14(11-4-2-1-3-5-11)17-16(19)13-10-12-6-7-15(13)20-12/h1-5,12-15,18H,6-10H2,(H,17,19). The maximum Gasteiger partial charge on any atom is 0.226 e. The van der Waals surface area contributed by atoms with Gasteiger partial charge in [-0.2, -0.15) is 0 Å². The van der Waals surface area contributed by atoms with Crippen molar-refractivity contribution in [1.82, 2.24) is 5.32 Å². The van der Waals surface area contributed by atoms with E-state index in [9.17, 15) is 9.90 Å². The molecule has 1 aromatic carbocycles. The molecule has 1 amide bonds. The molecule has 4 atom stereocenters. The van der Waals surface area contributed by atoms with Crippen LogP contribution in [0.3, 0.4) is 0 Å². The first-order valence-electron chi connectivity index (χ1n) is 7.39. The first kappa shape index (κ1) is 13.6. The number of benzene rings is 1. The van der Waals surface area contributed by atoms with E-state index in [-0.39, 0.29) is 36.7 Å². The van der Waals surface area contributed by atoms with E-state index < -0.39 is 0 Å². The Kier molecular flexibility index (Phi) is 4.03. The number of nitrogens with one attached hydrogen (secondary N) is 1. The first-order chi connectivity index (χ1) is 9.78. The minimum absolute atomic E-state index is 0.0151. The number of aliphatic hydroxyl groups excluding tert-OH is 1. The number of aliphatic hydroxyl groups is 1. The molecule has 0 radical (unpaired) electrons. The molecular weight excluding hydrogens is 254 g/mol. The summed E-state index contributed by atoms with van der Waals surface area (Å²) in [6.45, 7) is 0.0626. The third-order valence-corrected chi connectivity index (χ3v) is 4.38. The van der Waals surface area contributed by atoms with E-state index in [4.69, 9.17) is 4.74 Å². The Hall–Kier alpha value is -1.39. The second kappa shape index (κ2) is 5.94. The summed E-state index contributed by atoms with van der Waals surface area (Å²) in [6, 6.07) is 9.70. The number of rotatable bonds is 5. The average Bonchev–Trinajstić information content (AvgIpc) is 3.10. The average molecular weight is 275 g/mol. The van der Waals surface area contributed by atoms with E-state index in [1.807, 2.05) is 30.3 Å². The molecule has 2 fully saturated rings. The van der Waals surface area contributed by atoms with Gasteiger partial charge >= 0.3 is 0 Å². The number of ether oxygens (including phenoxy) is 1. The zero-order valence-electron chi connectivity index (χ0n) is 11.5. The second-order valence-corrected chi connectivity index (χ2v) is 5.70. The van der Waals surface area contributed by atoms with Crippen LogP contribution < -0.4 is 5.32 Å². The van der Waals surface area contributed by atoms with Crippen LogP contribution in [0, 0.1) is 5.92 Å². The van der Waals surface area contributed by atoms with Crippen molar-refractivity contribution in [3.8, 4) is 0 Å². The molecule has 2 N–H and O–H groups in total. The van der Waals surface area contributed by atoms with Gasteiger partial charge in [0.05, 0.1) is 24.2 Å². The topological polar surface area (TPSA) is 58.6 Å². The Morgan fingerprint density at radius 3 is 2.75 bits per heavy atom. The predicted molar refractivity (Wildman–Crippen MR) is 75.0 cm³/mol. The molecule has 3 rings (SSSR count). The van der Waals surface area contributed by atoms with Crippen molar-refractivity contribution in [3.05, 3.63) is 35.9 Å². The van der Waals surface area contributed by atoms with Crippen molar-refractivity contribution in [2.75, 3.05) is 6.61 Å². The lowest BCUT2D eigenvalue weighted by Crippen LogP contribution is -2.38. The van der Waals surface area contributed by atoms with E-state index in [0.29, 0.717) is 6.42 Å². The van der Waals surface area contributed by atoms with Gasteiger partial charge in [0.15, 0.2) is 0 Å². The van der Waals surface area contributed by atoms with E-state index >= 15 is 0 Å². The molecule has 2 bridgehead atoms. The van der Waals surface area contributed by atoms with Gasteiger partial charge in [0.25, 0.3) is 0 Å². The molecule has 20 heavy (non-hydrogen) atoms. The summed E-state index contributed by atoms with van der Waals surface area (Å²) in [6.07, 6.45) is 3.86. The molecule has 4 heteroatoms. The van der Waals surface area contributed by atoms with Crippen molar-refractivity contribution in [2.45, 2.75) is 43.9 Å². The van der Waals surface area contributed by atoms with Gasteiger partial charge in [0.2, 0.25) is 5.91 Å². The number of carbonyl (C=O) groups excluding carboxylic acids is 1. The summed E-state index contributed by atoms with van der Waals surface area (Å²) in [5.74, 6) is 0.0539. The highest BCUT2D eigenvalue weighted by Gasteiger charge is 2.44. The SMILES string of the molecule is O=C(NC(CCO)c1ccccc1)C1CC2CCC1O2. The number of amides is 1. The summed E-state index contributed by atoms with van der Waals surface area (Å²) in [7, 11) is 0. The van der Waals surface area contributed by atoms with Gasteiger partial charge in [-0.15, -0.1) is 0 Å². The summed E-state index contributed by atoms with van der Waals surface area (Å²) in [5, 5.41) is 12.3. The monoisotopic (exact) mass is 275 g/mol. The summed E-state index contributed by atoms with van der Waals surface area (Å²) in [4.78, 5) is 12.4. The lowest BCUT2D eigenvalue weighted by molar-refractivity contribution is -0.127. The van der Waals surface area contributed by atoms with Gasteiger partial charge < -0.3 is 15.2 Å². The number of fused-ring (bicyclic) bond motifs is 2. The molecular formula is C16H21NO3. The summed E-state index contributed by atoms with van der Waals surface area (Å²) in [5.41, 5.74) is 1.04. The number of hydrogen-bond acceptors (Lipinski definition) is 3. The Morgan fingerprint density at radius 2 is 2.15 bits per heavy atom. The third-order valence-electron chi connectivity index (χ3n) is 4.38. The summed E-state index contributed by atoms with van der Waals surface area (Å²) < 4.78 is 5.74. The molecule has 4 unspecified atom stereocenters. The fraction of sp³-hybridized carbons (Fsp3) is 0.562. The van der Waals surface area contributed by atoms with Crippen LogP contribution in [0.1, 0.15) is 37.3 Å². The highest BCUT2D eigenvalue weighted by atomic mass is 16.5. The normalized spacial score (nSPS) is 29.4. The smallest absolute Gasteiger partial charge is 0.226 e. The minimum Gasteiger partial charge on any atom is -0.396 e. The van der Waals surface area contributed by atoms with Gasteiger partial charge in [-0.05, 0) is 31.2 Å². The van der Waals surface area contributed by atoms with Gasteiger partial charge in [-0.3, -0.25) is 4.79 Å². The van der Waals surface area contributed by atoms with E-state index in [1.54, 1.807) is 0 Å². The molecule has 1 aromatic rings. The van der Waals surface area contributed by atoms with Gasteiger partial charge in [-0.1, -0.05) is 30.3 Å². The van der Waals surface area contributed by atoms with Gasteiger partial charge in [0.1, 0.15) is 0 Å². The van der Waals surface area contributed by atoms with Crippen LogP contribution in [0.4, 0.5) is 0 Å². The molecule has 0 saturated carbocycles. The maximum absolute atomic E-state index is 12.4. The van der Waals surface area contributed by atoms with Crippen LogP contribution in [-0.2, 0) is 9.53 Å². The van der Waals surface area contributed by atoms with E-state index in [1.165, 1.54) is 0 Å². The van der Waals surface area contributed by atoms with E-state index in [2.05, 4.69) is 5.32 Å². The minimum atomic E-state index is -0.118. The lowest BCUT2D eigenvalue weighted by atomic mass is 9.88. The first-order valence-corrected chi connectivity index (χ1v) is 7.39. The van der Waals surface area contributed by atoms with Crippen LogP contribution in [0.5, 0.6) is 0 Å². The Bertz CT molecular complexity index is 462. The fourth-order valence-corrected chi connectivity index (χ4v) is 3.33. The van der Waals surface area contributed by atoms with Crippen molar-refractivity contribution in [1.29, 1.82) is 0 Å². The molecule has 0 spiro atoms. The van der Waals surface area contributed by atoms with Crippen molar-refractivity contribution in [2.24, 2.45) is 5.92 Å². The lowest BCUT2D eigenvalue weighted by Gasteiger charge is -2.23. The van der Waals surface area contributed by atoms with Crippen LogP contribution in [-0.4, -0.2) is 29.8 Å². The highest BCUT2D eigenvalue weighted by Crippen LogP contribution is 2.39. The quantitative estimate of drug-likeness (QED) is 0.861. The molecule has 0 aliphatic carbocycles. The predicted octanol–water partition coefficient (Wildman–Crippen LogP) is 1.79. The molecule has 0 aromatic heterocycles. The van der Waals surface area contributed by atoms with E-state index in [0.717, 1.165) is 24.8 Å². The number of carbonyl (C=O) groups is 1. The highest BCUT2D eigenvalue weighted by molar-refractivity contribution is 5.80. The summed E-state index contributed by atoms with van der Waals surface area (Å²) >= 11 is 0. The van der Waals surface area contributed by atoms with Gasteiger partial charge in [0, 0.05) is 6.61 Å². The fourth-order valence-electron chi connectivity index (χ4n) is 3.33. The van der Waals surface area contributed by atoms with Crippen LogP contribution >= 0.6 is 0 Å². The maximum atomic E-state index is 12.4. The zero-order chi connectivity index (χ0) is 13.9. The molecule has 2 saturated heterocycles. The Balaban J connectivity index is 1.66. The largest absolute Gasteiger partial charge is 0.396 e. The van der Waals surface area contributed by atoms with Crippen LogP contribution in [0.15, 0.2) is 30.3 Å². The molecule has 4 nitrogen and oxygen atoms in total. The number of hydrogen-bond donors (Lipinski definition) is 2. The molecule has 2 aliphatic heterocycles. The second-order valence-electron chi connectivity index (χ2n) is 5.70. The third kappa shape index (κ3) is 2.72. The molecule has 2 heterocycles. The Labute approximate surface area is 119 Å². The van der Waals surface area contributed by atoms with Crippen molar-refractivity contribution in [3.63, 3.8) is 0 Å². The van der Waals surface area contributed by atoms with Gasteiger partial charge in [-0.25, -0.2) is 0 Å². The Morgan fingerprint density at radius 1 is 1.35 bits per heavy atom. The van der Waals surface area contributed by atoms with Crippen molar-refractivity contribution >= 4 is 5.91 Å². The zero-order valence-corrected chi connectivity index (χ0v) is 11.5. The molecule has 108 valence electrons. The van der Waals surface area contributed by atoms with Crippen LogP contribution in [0.2, 0.25) is 0 Å².